The summed E-state index contributed by atoms with van der Waals surface area (Å²) in [7, 11) is -2.89. The zero-order valence-corrected chi connectivity index (χ0v) is 17.8. The van der Waals surface area contributed by atoms with Crippen LogP contribution >= 0.6 is 0 Å². The van der Waals surface area contributed by atoms with E-state index in [-0.39, 0.29) is 12.3 Å². The molecule has 7 nitrogen and oxygen atoms in total. The Balaban J connectivity index is 1.95. The molecule has 10 heteroatoms. The van der Waals surface area contributed by atoms with Crippen molar-refractivity contribution < 1.29 is 31.8 Å². The van der Waals surface area contributed by atoms with Crippen LogP contribution in [0, 0.1) is 11.6 Å². The van der Waals surface area contributed by atoms with Crippen LogP contribution < -0.4 is 10.5 Å². The van der Waals surface area contributed by atoms with Gasteiger partial charge >= 0.3 is 5.97 Å². The minimum Gasteiger partial charge on any atom is -0.481 e. The van der Waals surface area contributed by atoms with Gasteiger partial charge in [0.1, 0.15) is 17.4 Å². The number of nitrogens with zero attached hydrogens (tertiary/aromatic N) is 1. The summed E-state index contributed by atoms with van der Waals surface area (Å²) in [6.45, 7) is -0.678. The van der Waals surface area contributed by atoms with E-state index in [0.717, 1.165) is 16.4 Å². The molecule has 0 saturated carbocycles. The first kappa shape index (κ1) is 23.2. The number of aliphatic carboxylic acids is 1. The van der Waals surface area contributed by atoms with Crippen molar-refractivity contribution in [1.82, 2.24) is 4.31 Å². The molecule has 3 aromatic rings. The number of hydrogen-bond donors (Lipinski definition) is 2. The number of carboxylic acid groups (broad SMARTS) is 1. The van der Waals surface area contributed by atoms with Gasteiger partial charge in [0.25, 0.3) is 0 Å². The standard InChI is InChI=1S/C22H20F2N2O5S/c1-26(32(29,30)19-10-16(23)9-17(24)11-19)12-14-5-6-21(31-13-22(27)28)20(7-14)15-3-2-4-18(25)8-15/h2-11H,12-13,25H2,1H3,(H,27,28). The van der Waals surface area contributed by atoms with Gasteiger partial charge in [-0.15, -0.1) is 0 Å². The predicted molar refractivity (Wildman–Crippen MR) is 114 cm³/mol. The average molecular weight is 462 g/mol. The van der Waals surface area contributed by atoms with Crippen LogP contribution in [0.4, 0.5) is 14.5 Å². The Morgan fingerprint density at radius 3 is 2.38 bits per heavy atom. The summed E-state index contributed by atoms with van der Waals surface area (Å²) in [6, 6.07) is 13.6. The molecule has 0 bridgehead atoms. The van der Waals surface area contributed by atoms with E-state index in [4.69, 9.17) is 15.6 Å². The SMILES string of the molecule is CN(Cc1ccc(OCC(=O)O)c(-c2cccc(N)c2)c1)S(=O)(=O)c1cc(F)cc(F)c1. The van der Waals surface area contributed by atoms with E-state index in [9.17, 15) is 22.0 Å². The largest absolute Gasteiger partial charge is 0.481 e. The Bertz CT molecular complexity index is 1240. The second-order valence-corrected chi connectivity index (χ2v) is 9.05. The maximum absolute atomic E-state index is 13.5. The molecule has 3 rings (SSSR count). The maximum Gasteiger partial charge on any atom is 0.341 e. The number of ether oxygens (including phenoxy) is 1. The summed E-state index contributed by atoms with van der Waals surface area (Å²) in [6.07, 6.45) is 0. The average Bonchev–Trinajstić information content (AvgIpc) is 2.72. The number of rotatable bonds is 8. The lowest BCUT2D eigenvalue weighted by Gasteiger charge is -2.19. The molecule has 0 spiro atoms. The van der Waals surface area contributed by atoms with E-state index in [1.54, 1.807) is 36.4 Å². The molecule has 168 valence electrons. The number of nitrogen functional groups attached to an aromatic ring is 1. The molecule has 0 radical (unpaired) electrons. The van der Waals surface area contributed by atoms with Crippen molar-refractivity contribution in [3.05, 3.63) is 77.9 Å². The normalized spacial score (nSPS) is 11.5. The maximum atomic E-state index is 13.5. The highest BCUT2D eigenvalue weighted by molar-refractivity contribution is 7.89. The number of carbonyl (C=O) groups is 1. The summed E-state index contributed by atoms with van der Waals surface area (Å²) in [5, 5.41) is 8.92. The van der Waals surface area contributed by atoms with Gasteiger partial charge in [0, 0.05) is 30.9 Å². The number of benzene rings is 3. The fraction of sp³-hybridized carbons (Fsp3) is 0.136. The van der Waals surface area contributed by atoms with Gasteiger partial charge in [-0.05, 0) is 47.5 Å². The number of anilines is 1. The zero-order chi connectivity index (χ0) is 23.5. The molecule has 0 aliphatic heterocycles. The lowest BCUT2D eigenvalue weighted by molar-refractivity contribution is -0.139. The molecular formula is C22H20F2N2O5S. The van der Waals surface area contributed by atoms with E-state index in [2.05, 4.69) is 0 Å². The Hall–Kier alpha value is -3.50. The molecule has 0 heterocycles. The molecule has 0 aromatic heterocycles. The molecule has 0 unspecified atom stereocenters. The third-order valence-corrected chi connectivity index (χ3v) is 6.32. The molecule has 0 saturated heterocycles. The van der Waals surface area contributed by atoms with Crippen LogP contribution in [0.3, 0.4) is 0 Å². The molecule has 0 amide bonds. The summed E-state index contributed by atoms with van der Waals surface area (Å²) in [5.74, 6) is -2.87. The van der Waals surface area contributed by atoms with Crippen molar-refractivity contribution in [2.45, 2.75) is 11.4 Å². The summed E-state index contributed by atoms with van der Waals surface area (Å²) >= 11 is 0. The first-order valence-corrected chi connectivity index (χ1v) is 10.8. The third kappa shape index (κ3) is 5.40. The van der Waals surface area contributed by atoms with Crippen LogP contribution in [0.2, 0.25) is 0 Å². The van der Waals surface area contributed by atoms with Crippen molar-refractivity contribution in [3.63, 3.8) is 0 Å². The van der Waals surface area contributed by atoms with Crippen LogP contribution in [-0.2, 0) is 21.4 Å². The highest BCUT2D eigenvalue weighted by atomic mass is 32.2. The Kier molecular flexibility index (Phi) is 6.75. The summed E-state index contributed by atoms with van der Waals surface area (Å²) in [5.41, 5.74) is 8.02. The van der Waals surface area contributed by atoms with Crippen LogP contribution in [0.5, 0.6) is 5.75 Å². The Morgan fingerprint density at radius 2 is 1.75 bits per heavy atom. The molecule has 32 heavy (non-hydrogen) atoms. The van der Waals surface area contributed by atoms with Crippen LogP contribution in [0.15, 0.2) is 65.6 Å². The van der Waals surface area contributed by atoms with Crippen molar-refractivity contribution in [1.29, 1.82) is 0 Å². The van der Waals surface area contributed by atoms with E-state index < -0.39 is 39.1 Å². The second-order valence-electron chi connectivity index (χ2n) is 7.00. The molecule has 3 aromatic carbocycles. The summed E-state index contributed by atoms with van der Waals surface area (Å²) in [4.78, 5) is 10.4. The highest BCUT2D eigenvalue weighted by Gasteiger charge is 2.23. The van der Waals surface area contributed by atoms with E-state index in [1.807, 2.05) is 0 Å². The monoisotopic (exact) mass is 462 g/mol. The first-order chi connectivity index (χ1) is 15.1. The molecule has 0 atom stereocenters. The number of sulfonamides is 1. The van der Waals surface area contributed by atoms with Crippen LogP contribution in [0.1, 0.15) is 5.56 Å². The van der Waals surface area contributed by atoms with Crippen molar-refractivity contribution in [2.75, 3.05) is 19.4 Å². The smallest absolute Gasteiger partial charge is 0.341 e. The van der Waals surface area contributed by atoms with Crippen LogP contribution in [-0.4, -0.2) is 37.5 Å². The highest BCUT2D eigenvalue weighted by Crippen LogP contribution is 2.33. The number of halogens is 2. The summed E-state index contributed by atoms with van der Waals surface area (Å²) < 4.78 is 58.9. The van der Waals surface area contributed by atoms with Crippen molar-refractivity contribution >= 4 is 21.7 Å². The predicted octanol–water partition coefficient (Wildman–Crippen LogP) is 3.50. The fourth-order valence-electron chi connectivity index (χ4n) is 3.07. The zero-order valence-electron chi connectivity index (χ0n) is 17.0. The number of hydrogen-bond acceptors (Lipinski definition) is 5. The first-order valence-electron chi connectivity index (χ1n) is 9.32. The van der Waals surface area contributed by atoms with Gasteiger partial charge in [0.2, 0.25) is 10.0 Å². The molecular weight excluding hydrogens is 442 g/mol. The molecule has 0 aliphatic carbocycles. The van der Waals surface area contributed by atoms with E-state index in [0.29, 0.717) is 28.4 Å². The Morgan fingerprint density at radius 1 is 1.06 bits per heavy atom. The third-order valence-electron chi connectivity index (χ3n) is 4.54. The second kappa shape index (κ2) is 9.33. The van der Waals surface area contributed by atoms with E-state index >= 15 is 0 Å². The van der Waals surface area contributed by atoms with Gasteiger partial charge in [-0.3, -0.25) is 0 Å². The van der Waals surface area contributed by atoms with Crippen molar-refractivity contribution in [2.24, 2.45) is 0 Å². The Labute approximate surface area is 183 Å². The molecule has 3 N–H and O–H groups in total. The van der Waals surface area contributed by atoms with E-state index in [1.165, 1.54) is 13.1 Å². The van der Waals surface area contributed by atoms with Gasteiger partial charge in [-0.25, -0.2) is 22.0 Å². The van der Waals surface area contributed by atoms with Gasteiger partial charge in [0.15, 0.2) is 6.61 Å². The quantitative estimate of drug-likeness (QED) is 0.496. The van der Waals surface area contributed by atoms with Gasteiger partial charge in [-0.1, -0.05) is 18.2 Å². The molecule has 0 fully saturated rings. The van der Waals surface area contributed by atoms with Gasteiger partial charge < -0.3 is 15.6 Å². The minimum atomic E-state index is -4.17. The lowest BCUT2D eigenvalue weighted by atomic mass is 10.0. The minimum absolute atomic E-state index is 0.116. The van der Waals surface area contributed by atoms with Crippen molar-refractivity contribution in [3.8, 4) is 16.9 Å². The molecule has 0 aliphatic rings. The van der Waals surface area contributed by atoms with Gasteiger partial charge in [0.05, 0.1) is 4.90 Å². The van der Waals surface area contributed by atoms with Crippen LogP contribution in [0.25, 0.3) is 11.1 Å². The lowest BCUT2D eigenvalue weighted by Crippen LogP contribution is -2.26. The number of nitrogens with two attached hydrogens (primary N) is 1. The fourth-order valence-corrected chi connectivity index (χ4v) is 4.27. The number of carboxylic acids is 1. The van der Waals surface area contributed by atoms with Gasteiger partial charge in [-0.2, -0.15) is 4.31 Å². The topological polar surface area (TPSA) is 110 Å².